The number of esters is 1. The molecule has 0 saturated carbocycles. The predicted octanol–water partition coefficient (Wildman–Crippen LogP) is 2.30. The number of benzene rings is 1. The number of nitrogens with zero attached hydrogens (tertiary/aromatic N) is 3. The van der Waals surface area contributed by atoms with E-state index in [-0.39, 0.29) is 24.1 Å². The molecule has 9 nitrogen and oxygen atoms in total. The Kier molecular flexibility index (Phi) is 8.47. The number of aliphatic hydroxyl groups is 2. The molecule has 35 heavy (non-hydrogen) atoms. The molecule has 0 amide bonds. The van der Waals surface area contributed by atoms with Crippen LogP contribution < -0.4 is 10.9 Å². The molecule has 2 aromatic heterocycles. The number of fused-ring (bicyclic) bond motifs is 1. The quantitative estimate of drug-likeness (QED) is 0.378. The van der Waals surface area contributed by atoms with E-state index in [9.17, 15) is 19.8 Å². The Morgan fingerprint density at radius 3 is 2.51 bits per heavy atom. The average molecular weight is 485 g/mol. The maximum atomic E-state index is 12.4. The molecule has 0 fully saturated rings. The highest BCUT2D eigenvalue weighted by molar-refractivity contribution is 5.81. The van der Waals surface area contributed by atoms with Crippen LogP contribution in [0.4, 0.5) is 0 Å². The maximum absolute atomic E-state index is 12.4. The second-order valence-electron chi connectivity index (χ2n) is 9.61. The molecule has 190 valence electrons. The molecule has 0 spiro atoms. The lowest BCUT2D eigenvalue weighted by Gasteiger charge is -2.21. The number of hydrogen-bond donors (Lipinski definition) is 3. The lowest BCUT2D eigenvalue weighted by molar-refractivity contribution is -0.150. The zero-order valence-electron chi connectivity index (χ0n) is 21.3. The number of nitrogens with one attached hydrogen (secondary N) is 1. The first kappa shape index (κ1) is 26.6. The summed E-state index contributed by atoms with van der Waals surface area (Å²) in [5.74, 6) is 0.380. The monoisotopic (exact) mass is 484 g/mol. The number of carbonyl (C=O) groups excluding carboxylic acids is 1. The molecular weight excluding hydrogens is 448 g/mol. The van der Waals surface area contributed by atoms with E-state index in [0.29, 0.717) is 24.5 Å². The summed E-state index contributed by atoms with van der Waals surface area (Å²) >= 11 is 0. The molecule has 0 saturated heterocycles. The van der Waals surface area contributed by atoms with Crippen LogP contribution in [0.25, 0.3) is 22.4 Å². The number of aryl methyl sites for hydroxylation is 2. The third kappa shape index (κ3) is 5.98. The highest BCUT2D eigenvalue weighted by Crippen LogP contribution is 2.29. The second-order valence-corrected chi connectivity index (χ2v) is 9.61. The average Bonchev–Trinajstić information content (AvgIpc) is 3.19. The van der Waals surface area contributed by atoms with E-state index in [1.54, 1.807) is 27.1 Å². The molecule has 2 heterocycles. The summed E-state index contributed by atoms with van der Waals surface area (Å²) in [7, 11) is 1.70. The molecule has 3 N–H and O–H groups in total. The van der Waals surface area contributed by atoms with Crippen molar-refractivity contribution in [3.05, 3.63) is 51.9 Å². The summed E-state index contributed by atoms with van der Waals surface area (Å²) in [4.78, 5) is 29.4. The van der Waals surface area contributed by atoms with Crippen LogP contribution in [-0.2, 0) is 23.1 Å². The van der Waals surface area contributed by atoms with Gasteiger partial charge in [0, 0.05) is 30.9 Å². The van der Waals surface area contributed by atoms with E-state index < -0.39 is 18.1 Å². The number of imidazole rings is 1. The first-order valence-electron chi connectivity index (χ1n) is 11.9. The number of aromatic nitrogens is 3. The van der Waals surface area contributed by atoms with Crippen LogP contribution in [-0.4, -0.2) is 55.7 Å². The summed E-state index contributed by atoms with van der Waals surface area (Å²) in [6.07, 6.45) is 0.831. The highest BCUT2D eigenvalue weighted by atomic mass is 16.5. The van der Waals surface area contributed by atoms with E-state index in [1.807, 2.05) is 49.6 Å². The van der Waals surface area contributed by atoms with Gasteiger partial charge in [-0.05, 0) is 50.5 Å². The maximum Gasteiger partial charge on any atom is 0.325 e. The number of carbonyl (C=O) groups is 1. The third-order valence-corrected chi connectivity index (χ3v) is 5.90. The highest BCUT2D eigenvalue weighted by Gasteiger charge is 2.25. The van der Waals surface area contributed by atoms with Gasteiger partial charge in [-0.1, -0.05) is 19.9 Å². The Labute approximate surface area is 205 Å². The standard InChI is InChI=1S/C26H36N4O5/c1-15(2)14-35-26(34)23(18(5)32)27-11-19-7-8-22-21(10-19)28-24(30(22)17(4)13-31)20-9-16(3)25(33)29(6)12-20/h7-10,12,15,17-18,23,27,31-32H,11,13-14H2,1-6H3/t17-,18-,23+/m1/s1. The van der Waals surface area contributed by atoms with Gasteiger partial charge in [0.2, 0.25) is 0 Å². The Morgan fingerprint density at radius 1 is 1.20 bits per heavy atom. The van der Waals surface area contributed by atoms with Crippen molar-refractivity contribution < 1.29 is 19.7 Å². The number of ether oxygens (including phenoxy) is 1. The largest absolute Gasteiger partial charge is 0.464 e. The van der Waals surface area contributed by atoms with Crippen LogP contribution in [0, 0.1) is 12.8 Å². The van der Waals surface area contributed by atoms with Gasteiger partial charge in [0.1, 0.15) is 11.9 Å². The van der Waals surface area contributed by atoms with Gasteiger partial charge in [0.15, 0.2) is 0 Å². The fourth-order valence-corrected chi connectivity index (χ4v) is 4.00. The van der Waals surface area contributed by atoms with Crippen LogP contribution in [0.3, 0.4) is 0 Å². The Balaban J connectivity index is 1.94. The topological polar surface area (TPSA) is 119 Å². The van der Waals surface area contributed by atoms with Gasteiger partial charge in [0.05, 0.1) is 36.4 Å². The van der Waals surface area contributed by atoms with E-state index in [4.69, 9.17) is 9.72 Å². The molecule has 0 aliphatic rings. The Morgan fingerprint density at radius 2 is 1.91 bits per heavy atom. The van der Waals surface area contributed by atoms with Gasteiger partial charge >= 0.3 is 5.97 Å². The second kappa shape index (κ2) is 11.2. The zero-order valence-corrected chi connectivity index (χ0v) is 21.3. The van der Waals surface area contributed by atoms with Gasteiger partial charge < -0.3 is 24.1 Å². The summed E-state index contributed by atoms with van der Waals surface area (Å²) in [6, 6.07) is 6.50. The van der Waals surface area contributed by atoms with Crippen molar-refractivity contribution in [3.8, 4) is 11.4 Å². The number of hydrogen-bond acceptors (Lipinski definition) is 7. The minimum atomic E-state index is -0.914. The molecule has 0 aliphatic heterocycles. The van der Waals surface area contributed by atoms with Crippen molar-refractivity contribution in [2.45, 2.75) is 59.4 Å². The SMILES string of the molecule is Cc1cc(-c2nc3cc(CN[C@H](C(=O)OCC(C)C)[C@@H](C)O)ccc3n2[C@H](C)CO)cn(C)c1=O. The summed E-state index contributed by atoms with van der Waals surface area (Å²) in [6.45, 7) is 9.69. The number of aliphatic hydroxyl groups excluding tert-OH is 2. The molecule has 3 rings (SSSR count). The van der Waals surface area contributed by atoms with Crippen molar-refractivity contribution in [1.82, 2.24) is 19.4 Å². The van der Waals surface area contributed by atoms with Crippen LogP contribution in [0.2, 0.25) is 0 Å². The van der Waals surface area contributed by atoms with Crippen LogP contribution in [0.15, 0.2) is 35.3 Å². The van der Waals surface area contributed by atoms with E-state index in [1.165, 1.54) is 4.57 Å². The fraction of sp³-hybridized carbons (Fsp3) is 0.500. The lowest BCUT2D eigenvalue weighted by Crippen LogP contribution is -2.45. The van der Waals surface area contributed by atoms with Crippen molar-refractivity contribution in [2.75, 3.05) is 13.2 Å². The Hall–Kier alpha value is -3.01. The lowest BCUT2D eigenvalue weighted by atomic mass is 10.1. The molecule has 3 aromatic rings. The van der Waals surface area contributed by atoms with E-state index in [2.05, 4.69) is 5.32 Å². The Bertz CT molecular complexity index is 1220. The fourth-order valence-electron chi connectivity index (χ4n) is 4.00. The molecule has 9 heteroatoms. The molecule has 0 radical (unpaired) electrons. The van der Waals surface area contributed by atoms with Gasteiger partial charge in [-0.15, -0.1) is 0 Å². The van der Waals surface area contributed by atoms with Crippen LogP contribution in [0.5, 0.6) is 0 Å². The van der Waals surface area contributed by atoms with Gasteiger partial charge in [-0.3, -0.25) is 14.9 Å². The van der Waals surface area contributed by atoms with Crippen molar-refractivity contribution in [2.24, 2.45) is 13.0 Å². The smallest absolute Gasteiger partial charge is 0.325 e. The van der Waals surface area contributed by atoms with E-state index in [0.717, 1.165) is 22.2 Å². The summed E-state index contributed by atoms with van der Waals surface area (Å²) in [5, 5.41) is 23.1. The third-order valence-electron chi connectivity index (χ3n) is 5.90. The van der Waals surface area contributed by atoms with Crippen molar-refractivity contribution in [3.63, 3.8) is 0 Å². The zero-order chi connectivity index (χ0) is 25.9. The normalized spacial score (nSPS) is 14.3. The van der Waals surface area contributed by atoms with Crippen molar-refractivity contribution in [1.29, 1.82) is 0 Å². The minimum absolute atomic E-state index is 0.0684. The molecular formula is C26H36N4O5. The first-order chi connectivity index (χ1) is 16.5. The van der Waals surface area contributed by atoms with Gasteiger partial charge in [-0.25, -0.2) is 4.98 Å². The molecule has 0 aliphatic carbocycles. The summed E-state index contributed by atoms with van der Waals surface area (Å²) < 4.78 is 8.79. The minimum Gasteiger partial charge on any atom is -0.464 e. The van der Waals surface area contributed by atoms with Crippen LogP contribution in [0.1, 0.15) is 44.9 Å². The molecule has 0 bridgehead atoms. The van der Waals surface area contributed by atoms with Crippen LogP contribution >= 0.6 is 0 Å². The molecule has 1 aromatic carbocycles. The number of pyridine rings is 1. The van der Waals surface area contributed by atoms with Gasteiger partial charge in [0.25, 0.3) is 5.56 Å². The molecule has 0 unspecified atom stereocenters. The van der Waals surface area contributed by atoms with Crippen molar-refractivity contribution >= 4 is 17.0 Å². The van der Waals surface area contributed by atoms with Gasteiger partial charge in [-0.2, -0.15) is 0 Å². The first-order valence-corrected chi connectivity index (χ1v) is 11.9. The van der Waals surface area contributed by atoms with E-state index >= 15 is 0 Å². The summed E-state index contributed by atoms with van der Waals surface area (Å²) in [5.41, 5.74) is 3.77. The number of rotatable bonds is 10. The predicted molar refractivity (Wildman–Crippen MR) is 135 cm³/mol. The molecule has 3 atom stereocenters.